The lowest BCUT2D eigenvalue weighted by molar-refractivity contribution is -0.144. The minimum atomic E-state index is -1.04. The number of hydrogen-bond acceptors (Lipinski definition) is 5. The first-order valence-corrected chi connectivity index (χ1v) is 13.7. The molecule has 8 heteroatoms. The molecule has 4 rings (SSSR count). The average Bonchev–Trinajstić information content (AvgIpc) is 3.53. The van der Waals surface area contributed by atoms with Gasteiger partial charge in [-0.3, -0.25) is 14.4 Å². The molecule has 3 saturated heterocycles. The van der Waals surface area contributed by atoms with E-state index in [0.29, 0.717) is 45.3 Å². The molecular weight excluding hydrogens is 482 g/mol. The average molecular weight is 524 g/mol. The number of carbonyl (C=O) groups is 3. The van der Waals surface area contributed by atoms with Gasteiger partial charge in [-0.15, -0.1) is 13.2 Å². The van der Waals surface area contributed by atoms with Gasteiger partial charge < -0.3 is 24.5 Å². The van der Waals surface area contributed by atoms with Crippen molar-refractivity contribution in [3.05, 3.63) is 54.6 Å². The van der Waals surface area contributed by atoms with Crippen LogP contribution in [0.15, 0.2) is 43.5 Å². The van der Waals surface area contributed by atoms with Crippen LogP contribution < -0.4 is 4.90 Å². The predicted octanol–water partition coefficient (Wildman–Crippen LogP) is 3.00. The molecule has 2 bridgehead atoms. The van der Waals surface area contributed by atoms with Gasteiger partial charge in [0, 0.05) is 39.0 Å². The Balaban J connectivity index is 1.75. The first kappa shape index (κ1) is 28.0. The lowest BCUT2D eigenvalue weighted by Gasteiger charge is -2.37. The molecule has 1 N–H and O–H groups in total. The molecule has 8 nitrogen and oxygen atoms in total. The number of carbonyl (C=O) groups excluding carboxylic acids is 3. The summed E-state index contributed by atoms with van der Waals surface area (Å²) in [5, 5.41) is 9.24. The molecule has 0 saturated carbocycles. The summed E-state index contributed by atoms with van der Waals surface area (Å²) in [6, 6.07) is 5.15. The Hall–Kier alpha value is -2.97. The zero-order chi connectivity index (χ0) is 27.6. The molecule has 3 aliphatic rings. The van der Waals surface area contributed by atoms with Crippen molar-refractivity contribution in [1.82, 2.24) is 9.80 Å². The van der Waals surface area contributed by atoms with Crippen LogP contribution >= 0.6 is 0 Å². The monoisotopic (exact) mass is 523 g/mol. The number of unbranched alkanes of at least 4 members (excludes halogenated alkanes) is 2. The first-order valence-electron chi connectivity index (χ1n) is 13.7. The molecule has 206 valence electrons. The van der Waals surface area contributed by atoms with Crippen molar-refractivity contribution in [3.8, 4) is 0 Å². The van der Waals surface area contributed by atoms with E-state index in [2.05, 4.69) is 13.2 Å². The van der Waals surface area contributed by atoms with Gasteiger partial charge in [0.15, 0.2) is 0 Å². The summed E-state index contributed by atoms with van der Waals surface area (Å²) < 4.78 is 6.58. The third-order valence-electron chi connectivity index (χ3n) is 8.39. The van der Waals surface area contributed by atoms with Gasteiger partial charge in [0.2, 0.25) is 11.8 Å². The highest BCUT2D eigenvalue weighted by Crippen LogP contribution is 2.59. The van der Waals surface area contributed by atoms with Crippen LogP contribution in [0.4, 0.5) is 5.69 Å². The van der Waals surface area contributed by atoms with Gasteiger partial charge in [0.1, 0.15) is 11.6 Å². The second kappa shape index (κ2) is 11.4. The molecular formula is C30H41N3O5. The van der Waals surface area contributed by atoms with Crippen molar-refractivity contribution in [2.75, 3.05) is 38.2 Å². The second-order valence-electron chi connectivity index (χ2n) is 10.9. The minimum Gasteiger partial charge on any atom is -0.396 e. The number of fused-ring (bicyclic) bond motifs is 1. The van der Waals surface area contributed by atoms with Crippen molar-refractivity contribution < 1.29 is 24.2 Å². The summed E-state index contributed by atoms with van der Waals surface area (Å²) in [4.78, 5) is 47.1. The van der Waals surface area contributed by atoms with E-state index in [0.717, 1.165) is 23.2 Å². The number of aryl methyl sites for hydroxylation is 2. The quantitative estimate of drug-likeness (QED) is 0.336. The van der Waals surface area contributed by atoms with Crippen LogP contribution in [0.25, 0.3) is 0 Å². The van der Waals surface area contributed by atoms with E-state index in [4.69, 9.17) is 4.74 Å². The van der Waals surface area contributed by atoms with Crippen molar-refractivity contribution in [3.63, 3.8) is 0 Å². The fourth-order valence-electron chi connectivity index (χ4n) is 6.66. The van der Waals surface area contributed by atoms with Gasteiger partial charge in [-0.05, 0) is 63.1 Å². The van der Waals surface area contributed by atoms with E-state index in [9.17, 15) is 19.5 Å². The standard InChI is InChI=1S/C30H41N3O5/c1-6-15-31(5)27(35)24-23-13-14-30(38-23)25(24)28(36)33(17-9-8-10-18-34)26(30)29(37)32(16-7-2)22-19-20(3)11-12-21(22)4/h6-7,11-12,19,23-26,34H,1-2,8-10,13-18H2,3-5H3/t23-,24+,25-,26?,30?/m0/s1. The summed E-state index contributed by atoms with van der Waals surface area (Å²) in [6.07, 6.45) is 6.19. The number of likely N-dealkylation sites (tertiary alicyclic amines) is 1. The first-order chi connectivity index (χ1) is 18.2. The molecule has 3 fully saturated rings. The normalized spacial score (nSPS) is 27.4. The Labute approximate surface area is 225 Å². The highest BCUT2D eigenvalue weighted by atomic mass is 16.5. The molecule has 3 amide bonds. The number of hydrogen-bond donors (Lipinski definition) is 1. The Morgan fingerprint density at radius 2 is 1.89 bits per heavy atom. The molecule has 3 heterocycles. The molecule has 5 atom stereocenters. The molecule has 0 aliphatic carbocycles. The van der Waals surface area contributed by atoms with Crippen LogP contribution in [0, 0.1) is 25.7 Å². The molecule has 1 spiro atoms. The van der Waals surface area contributed by atoms with E-state index in [-0.39, 0.29) is 30.4 Å². The summed E-state index contributed by atoms with van der Waals surface area (Å²) >= 11 is 0. The number of amides is 3. The smallest absolute Gasteiger partial charge is 0.253 e. The summed E-state index contributed by atoms with van der Waals surface area (Å²) in [6.45, 7) is 12.7. The molecule has 2 unspecified atom stereocenters. The maximum absolute atomic E-state index is 14.5. The third-order valence-corrected chi connectivity index (χ3v) is 8.39. The third kappa shape index (κ3) is 4.69. The number of ether oxygens (including phenoxy) is 1. The van der Waals surface area contributed by atoms with Crippen molar-refractivity contribution >= 4 is 23.4 Å². The number of rotatable bonds is 12. The van der Waals surface area contributed by atoms with E-state index >= 15 is 0 Å². The van der Waals surface area contributed by atoms with Crippen LogP contribution in [0.5, 0.6) is 0 Å². The molecule has 3 aliphatic heterocycles. The van der Waals surface area contributed by atoms with E-state index in [1.54, 1.807) is 33.9 Å². The van der Waals surface area contributed by atoms with Gasteiger partial charge >= 0.3 is 0 Å². The second-order valence-corrected chi connectivity index (χ2v) is 10.9. The summed E-state index contributed by atoms with van der Waals surface area (Å²) in [5.74, 6) is -1.84. The lowest BCUT2D eigenvalue weighted by atomic mass is 9.70. The number of benzene rings is 1. The number of nitrogens with zero attached hydrogens (tertiary/aromatic N) is 3. The Morgan fingerprint density at radius 3 is 2.58 bits per heavy atom. The van der Waals surface area contributed by atoms with Gasteiger partial charge in [0.05, 0.1) is 17.9 Å². The fourth-order valence-corrected chi connectivity index (χ4v) is 6.66. The number of aliphatic hydroxyl groups excluding tert-OH is 1. The maximum atomic E-state index is 14.5. The topological polar surface area (TPSA) is 90.4 Å². The zero-order valence-electron chi connectivity index (χ0n) is 22.9. The van der Waals surface area contributed by atoms with E-state index < -0.39 is 23.5 Å². The SMILES string of the molecule is C=CCN(C)C(=O)[C@@H]1[C@@H]2CCC3(O2)C(C(=O)N(CC=C)c2cc(C)ccc2C)N(CCCCCO)C(=O)[C@H]13. The van der Waals surface area contributed by atoms with Crippen LogP contribution in [-0.4, -0.2) is 83.7 Å². The highest BCUT2D eigenvalue weighted by Gasteiger charge is 2.74. The molecule has 1 aromatic carbocycles. The Morgan fingerprint density at radius 1 is 1.16 bits per heavy atom. The van der Waals surface area contributed by atoms with Crippen LogP contribution in [0.1, 0.15) is 43.2 Å². The number of aliphatic hydroxyl groups is 1. The Bertz CT molecular complexity index is 1100. The molecule has 0 aromatic heterocycles. The van der Waals surface area contributed by atoms with Crippen molar-refractivity contribution in [2.24, 2.45) is 11.8 Å². The van der Waals surface area contributed by atoms with Gasteiger partial charge in [-0.1, -0.05) is 24.3 Å². The van der Waals surface area contributed by atoms with Gasteiger partial charge in [-0.25, -0.2) is 0 Å². The number of anilines is 1. The van der Waals surface area contributed by atoms with Crippen LogP contribution in [0.2, 0.25) is 0 Å². The zero-order valence-corrected chi connectivity index (χ0v) is 22.9. The van der Waals surface area contributed by atoms with E-state index in [1.807, 2.05) is 32.0 Å². The Kier molecular flexibility index (Phi) is 8.43. The summed E-state index contributed by atoms with van der Waals surface area (Å²) in [7, 11) is 1.71. The molecule has 0 radical (unpaired) electrons. The fraction of sp³-hybridized carbons (Fsp3) is 0.567. The predicted molar refractivity (Wildman–Crippen MR) is 147 cm³/mol. The number of likely N-dealkylation sites (N-methyl/N-ethyl adjacent to an activating group) is 1. The largest absolute Gasteiger partial charge is 0.396 e. The van der Waals surface area contributed by atoms with Crippen molar-refractivity contribution in [2.45, 2.75) is 63.7 Å². The minimum absolute atomic E-state index is 0.0830. The molecule has 1 aromatic rings. The highest BCUT2D eigenvalue weighted by molar-refractivity contribution is 6.05. The van der Waals surface area contributed by atoms with Gasteiger partial charge in [-0.2, -0.15) is 0 Å². The maximum Gasteiger partial charge on any atom is 0.253 e. The van der Waals surface area contributed by atoms with Crippen molar-refractivity contribution in [1.29, 1.82) is 0 Å². The van der Waals surface area contributed by atoms with E-state index in [1.165, 1.54) is 0 Å². The summed E-state index contributed by atoms with van der Waals surface area (Å²) in [5.41, 5.74) is 1.73. The van der Waals surface area contributed by atoms with Crippen LogP contribution in [0.3, 0.4) is 0 Å². The lowest BCUT2D eigenvalue weighted by Crippen LogP contribution is -2.56. The van der Waals surface area contributed by atoms with Gasteiger partial charge in [0.25, 0.3) is 5.91 Å². The van der Waals surface area contributed by atoms with Crippen LogP contribution in [-0.2, 0) is 19.1 Å². The molecule has 38 heavy (non-hydrogen) atoms.